The van der Waals surface area contributed by atoms with Gasteiger partial charge in [-0.25, -0.2) is 0 Å². The van der Waals surface area contributed by atoms with Gasteiger partial charge < -0.3 is 9.13 Å². The molecule has 0 saturated heterocycles. The van der Waals surface area contributed by atoms with Gasteiger partial charge in [0.15, 0.2) is 0 Å². The van der Waals surface area contributed by atoms with Gasteiger partial charge >= 0.3 is 0 Å². The topological polar surface area (TPSA) is 142 Å². The van der Waals surface area contributed by atoms with E-state index in [2.05, 4.69) is 112 Å². The molecule has 0 atom stereocenters. The molecule has 0 unspecified atom stereocenters. The van der Waals surface area contributed by atoms with Crippen molar-refractivity contribution in [2.75, 3.05) is 0 Å². The fourth-order valence-corrected chi connectivity index (χ4v) is 10.0. The number of fused-ring (bicyclic) bond motifs is 6. The van der Waals surface area contributed by atoms with Crippen molar-refractivity contribution in [3.8, 4) is 97.4 Å². The largest absolute Gasteiger partial charge is 0.307 e. The molecule has 3 aromatic heterocycles. The maximum atomic E-state index is 9.98. The van der Waals surface area contributed by atoms with Gasteiger partial charge in [-0.3, -0.25) is 4.98 Å². The van der Waals surface area contributed by atoms with Gasteiger partial charge in [-0.05, 0) is 159 Å². The number of nitriles is 5. The number of benzene rings is 9. The van der Waals surface area contributed by atoms with Crippen LogP contribution in [-0.4, -0.2) is 14.1 Å². The summed E-state index contributed by atoms with van der Waals surface area (Å²) in [4.78, 5) is 5.07. The number of pyridine rings is 1. The Kier molecular flexibility index (Phi) is 10.3. The highest BCUT2D eigenvalue weighted by Gasteiger charge is 2.24. The minimum atomic E-state index is 0.543. The first-order chi connectivity index (χ1) is 35.4. The quantitative estimate of drug-likeness (QED) is 0.156. The third-order valence-electron chi connectivity index (χ3n) is 13.6. The van der Waals surface area contributed by atoms with Crippen LogP contribution in [0, 0.1) is 56.7 Å². The minimum Gasteiger partial charge on any atom is -0.307 e. The van der Waals surface area contributed by atoms with Crippen molar-refractivity contribution in [3.63, 3.8) is 0 Å². The van der Waals surface area contributed by atoms with Crippen LogP contribution < -0.4 is 0 Å². The Bertz CT molecular complexity index is 3910. The van der Waals surface area contributed by atoms with Gasteiger partial charge in [-0.1, -0.05) is 84.9 Å². The molecule has 0 saturated carbocycles. The molecule has 0 aliphatic carbocycles. The van der Waals surface area contributed by atoms with E-state index < -0.39 is 0 Å². The maximum Gasteiger partial charge on any atom is 0.0991 e. The normalized spacial score (nSPS) is 11.0. The lowest BCUT2D eigenvalue weighted by Crippen LogP contribution is -2.05. The molecule has 72 heavy (non-hydrogen) atoms. The molecule has 12 rings (SSSR count). The second kappa shape index (κ2) is 17.4. The molecule has 0 fully saturated rings. The number of hydrogen-bond donors (Lipinski definition) is 0. The van der Waals surface area contributed by atoms with Crippen LogP contribution in [0.15, 0.2) is 207 Å². The van der Waals surface area contributed by atoms with Gasteiger partial charge in [-0.15, -0.1) is 0 Å². The molecule has 3 heterocycles. The predicted octanol–water partition coefficient (Wildman–Crippen LogP) is 15.0. The highest BCUT2D eigenvalue weighted by Crippen LogP contribution is 2.44. The summed E-state index contributed by atoms with van der Waals surface area (Å²) in [6.07, 6.45) is 3.83. The summed E-state index contributed by atoms with van der Waals surface area (Å²) in [5, 5.41) is 52.3. The summed E-state index contributed by atoms with van der Waals surface area (Å²) in [6, 6.07) is 75.3. The monoisotopic (exact) mass is 914 g/mol. The van der Waals surface area contributed by atoms with Crippen LogP contribution in [0.3, 0.4) is 0 Å². The van der Waals surface area contributed by atoms with E-state index in [-0.39, 0.29) is 0 Å². The Labute approximate surface area is 413 Å². The highest BCUT2D eigenvalue weighted by molar-refractivity contribution is 6.14. The third kappa shape index (κ3) is 7.17. The average molecular weight is 915 g/mol. The Morgan fingerprint density at radius 2 is 0.486 bits per heavy atom. The van der Waals surface area contributed by atoms with Gasteiger partial charge in [-0.2, -0.15) is 26.3 Å². The van der Waals surface area contributed by atoms with E-state index in [0.29, 0.717) is 27.8 Å². The average Bonchev–Trinajstić information content (AvgIpc) is 3.96. The van der Waals surface area contributed by atoms with Gasteiger partial charge in [0, 0.05) is 27.1 Å². The van der Waals surface area contributed by atoms with Crippen molar-refractivity contribution in [2.24, 2.45) is 0 Å². The lowest BCUT2D eigenvalue weighted by Gasteiger charge is -2.20. The van der Waals surface area contributed by atoms with Crippen molar-refractivity contribution in [3.05, 3.63) is 234 Å². The fourth-order valence-electron chi connectivity index (χ4n) is 10.0. The lowest BCUT2D eigenvalue weighted by atomic mass is 9.99. The molecular weight excluding hydrogens is 881 g/mol. The molecule has 0 aliphatic rings. The van der Waals surface area contributed by atoms with Crippen molar-refractivity contribution in [2.45, 2.75) is 0 Å². The van der Waals surface area contributed by atoms with E-state index in [9.17, 15) is 26.3 Å². The third-order valence-corrected chi connectivity index (χ3v) is 13.6. The maximum absolute atomic E-state index is 9.98. The fraction of sp³-hybridized carbons (Fsp3) is 0. The number of rotatable bonds is 7. The molecule has 0 radical (unpaired) electrons. The zero-order valence-corrected chi connectivity index (χ0v) is 38.2. The van der Waals surface area contributed by atoms with Gasteiger partial charge in [0.25, 0.3) is 0 Å². The van der Waals surface area contributed by atoms with Crippen LogP contribution in [0.2, 0.25) is 0 Å². The van der Waals surface area contributed by atoms with Crippen molar-refractivity contribution in [1.82, 2.24) is 14.1 Å². The number of nitrogens with zero attached hydrogens (tertiary/aromatic N) is 8. The summed E-state index contributed by atoms with van der Waals surface area (Å²) in [5.41, 5.74) is 18.1. The summed E-state index contributed by atoms with van der Waals surface area (Å²) in [6.45, 7) is 0. The zero-order chi connectivity index (χ0) is 48.9. The smallest absolute Gasteiger partial charge is 0.0991 e. The molecular formula is C64H34N8. The summed E-state index contributed by atoms with van der Waals surface area (Å²) in [7, 11) is 0. The van der Waals surface area contributed by atoms with E-state index in [1.54, 1.807) is 0 Å². The molecule has 12 aromatic rings. The van der Waals surface area contributed by atoms with E-state index >= 15 is 0 Å². The number of aromatic nitrogens is 3. The van der Waals surface area contributed by atoms with Crippen molar-refractivity contribution < 1.29 is 0 Å². The highest BCUT2D eigenvalue weighted by atomic mass is 15.0. The summed E-state index contributed by atoms with van der Waals surface area (Å²) >= 11 is 0. The Morgan fingerprint density at radius 3 is 0.722 bits per heavy atom. The summed E-state index contributed by atoms with van der Waals surface area (Å²) < 4.78 is 4.55. The van der Waals surface area contributed by atoms with Crippen molar-refractivity contribution in [1.29, 1.82) is 26.3 Å². The minimum absolute atomic E-state index is 0.543. The zero-order valence-electron chi connectivity index (χ0n) is 38.2. The van der Waals surface area contributed by atoms with Gasteiger partial charge in [0.2, 0.25) is 0 Å². The van der Waals surface area contributed by atoms with Gasteiger partial charge in [0.05, 0.1) is 104 Å². The van der Waals surface area contributed by atoms with Gasteiger partial charge in [0.1, 0.15) is 0 Å². The Morgan fingerprint density at radius 1 is 0.264 bits per heavy atom. The van der Waals surface area contributed by atoms with Crippen LogP contribution in [0.25, 0.3) is 111 Å². The molecule has 0 amide bonds. The molecule has 330 valence electrons. The van der Waals surface area contributed by atoms with Crippen LogP contribution in [0.5, 0.6) is 0 Å². The van der Waals surface area contributed by atoms with E-state index in [4.69, 9.17) is 4.98 Å². The van der Waals surface area contributed by atoms with Crippen molar-refractivity contribution >= 4 is 43.6 Å². The molecule has 0 bridgehead atoms. The predicted molar refractivity (Wildman–Crippen MR) is 284 cm³/mol. The Hall–Kier alpha value is -10.8. The first kappa shape index (κ1) is 42.5. The SMILES string of the molecule is N#Cc1ccc(-c2ccc3c(c2)c2cc(-c4ccc(C#N)cc4)ccc2n3-c2cncc(-n3c4ccc(-c5ccc(C#N)cc5)cc4c4cc(-c5ccc(C#N)cc5)ccc43)c2-c2ccc(C#N)cc2)cc1. The second-order valence-corrected chi connectivity index (χ2v) is 17.6. The van der Waals surface area contributed by atoms with Crippen LogP contribution in [-0.2, 0) is 0 Å². The number of hydrogen-bond acceptors (Lipinski definition) is 6. The van der Waals surface area contributed by atoms with Crippen LogP contribution in [0.1, 0.15) is 27.8 Å². The molecule has 0 N–H and O–H groups in total. The molecule has 8 heteroatoms. The van der Waals surface area contributed by atoms with Crippen LogP contribution >= 0.6 is 0 Å². The first-order valence-electron chi connectivity index (χ1n) is 23.1. The molecule has 9 aromatic carbocycles. The second-order valence-electron chi connectivity index (χ2n) is 17.6. The van der Waals surface area contributed by atoms with Crippen LogP contribution in [0.4, 0.5) is 0 Å². The molecule has 0 spiro atoms. The van der Waals surface area contributed by atoms with E-state index in [1.165, 1.54) is 0 Å². The molecule has 8 nitrogen and oxygen atoms in total. The Balaban J connectivity index is 1.14. The molecule has 0 aliphatic heterocycles. The lowest BCUT2D eigenvalue weighted by molar-refractivity contribution is 1.09. The first-order valence-corrected chi connectivity index (χ1v) is 23.1. The van der Waals surface area contributed by atoms with E-state index in [1.807, 2.05) is 134 Å². The standard InChI is InChI=1S/C64H34N8/c65-33-40-1-11-45(12-2-40)50-21-25-58-54(29-50)55-30-51(46-13-3-41(34-66)4-14-46)22-26-59(55)71(58)62-38-70-39-63(64(62)49-19-9-44(37-69)10-20-49)72-60-27-23-52(47-15-5-42(35-67)6-16-47)31-56(60)57-32-53(24-28-61(57)72)48-17-7-43(36-68)8-18-48/h1-32,38-39H. The summed E-state index contributed by atoms with van der Waals surface area (Å²) in [5.74, 6) is 0. The van der Waals surface area contributed by atoms with E-state index in [0.717, 1.165) is 111 Å².